The molecule has 0 aromatic heterocycles. The summed E-state index contributed by atoms with van der Waals surface area (Å²) < 4.78 is 42.8. The zero-order valence-corrected chi connectivity index (χ0v) is 18.8. The predicted octanol–water partition coefficient (Wildman–Crippen LogP) is 4.91. The summed E-state index contributed by atoms with van der Waals surface area (Å²) in [5.41, 5.74) is 1.71. The van der Waals surface area contributed by atoms with Crippen LogP contribution in [-0.2, 0) is 16.7 Å². The smallest absolute Gasteiger partial charge is 0.339 e. The van der Waals surface area contributed by atoms with Gasteiger partial charge in [0.1, 0.15) is 16.5 Å². The molecule has 0 fully saturated rings. The summed E-state index contributed by atoms with van der Waals surface area (Å²) in [5, 5.41) is 11.8. The van der Waals surface area contributed by atoms with E-state index in [1.165, 1.54) is 12.1 Å². The quantitative estimate of drug-likeness (QED) is 0.498. The number of carbonyl (C=O) groups is 1. The highest BCUT2D eigenvalue weighted by Gasteiger charge is 2.19. The second-order valence-electron chi connectivity index (χ2n) is 7.48. The number of rotatable bonds is 7. The summed E-state index contributed by atoms with van der Waals surface area (Å²) in [6.45, 7) is 4.02. The van der Waals surface area contributed by atoms with Crippen molar-refractivity contribution in [2.24, 2.45) is 0 Å². The molecule has 170 valence electrons. The number of benzene rings is 3. The van der Waals surface area contributed by atoms with E-state index in [0.29, 0.717) is 11.3 Å². The van der Waals surface area contributed by atoms with Crippen molar-refractivity contribution >= 4 is 21.8 Å². The van der Waals surface area contributed by atoms with Crippen LogP contribution in [0.25, 0.3) is 0 Å². The fourth-order valence-electron chi connectivity index (χ4n) is 2.97. The Hall–Kier alpha value is -3.90. The maximum absolute atomic E-state index is 13.0. The van der Waals surface area contributed by atoms with Crippen molar-refractivity contribution < 1.29 is 21.8 Å². The van der Waals surface area contributed by atoms with E-state index < -0.39 is 15.9 Å². The number of carbonyl (C=O) groups excluding carboxylic acids is 1. The van der Waals surface area contributed by atoms with Gasteiger partial charge in [0.15, 0.2) is 0 Å². The van der Waals surface area contributed by atoms with E-state index in [0.717, 1.165) is 29.8 Å². The summed E-state index contributed by atoms with van der Waals surface area (Å²) in [4.78, 5) is 14.2. The zero-order valence-electron chi connectivity index (χ0n) is 18.0. The SMILES string of the molecule is CC(C)N(Cc1ccc(OS(=O)(=O)c2ccc(F)cc2)cc1)C(=O)Nc1cccc(C#N)c1. The molecule has 0 unspecified atom stereocenters. The van der Waals surface area contributed by atoms with Gasteiger partial charge in [-0.2, -0.15) is 13.7 Å². The first-order valence-corrected chi connectivity index (χ1v) is 11.5. The second-order valence-corrected chi connectivity index (χ2v) is 9.03. The first kappa shape index (κ1) is 23.8. The highest BCUT2D eigenvalue weighted by Crippen LogP contribution is 2.21. The van der Waals surface area contributed by atoms with Crippen LogP contribution in [0.3, 0.4) is 0 Å². The summed E-state index contributed by atoms with van der Waals surface area (Å²) in [6, 6.07) is 18.8. The largest absolute Gasteiger partial charge is 0.379 e. The van der Waals surface area contributed by atoms with Crippen molar-refractivity contribution in [2.75, 3.05) is 5.32 Å². The molecule has 3 rings (SSSR count). The minimum Gasteiger partial charge on any atom is -0.379 e. The van der Waals surface area contributed by atoms with Crippen LogP contribution in [0.1, 0.15) is 25.0 Å². The molecule has 3 aromatic carbocycles. The summed E-state index contributed by atoms with van der Waals surface area (Å²) in [6.07, 6.45) is 0. The van der Waals surface area contributed by atoms with E-state index in [9.17, 15) is 17.6 Å². The Balaban J connectivity index is 1.69. The lowest BCUT2D eigenvalue weighted by molar-refractivity contribution is 0.193. The number of hydrogen-bond acceptors (Lipinski definition) is 5. The van der Waals surface area contributed by atoms with Gasteiger partial charge in [-0.25, -0.2) is 9.18 Å². The average molecular weight is 468 g/mol. The summed E-state index contributed by atoms with van der Waals surface area (Å²) in [7, 11) is -4.10. The van der Waals surface area contributed by atoms with E-state index in [-0.39, 0.29) is 29.3 Å². The molecule has 0 aliphatic carbocycles. The van der Waals surface area contributed by atoms with E-state index in [4.69, 9.17) is 9.44 Å². The molecule has 2 amide bonds. The second kappa shape index (κ2) is 10.1. The highest BCUT2D eigenvalue weighted by atomic mass is 32.2. The summed E-state index contributed by atoms with van der Waals surface area (Å²) in [5.74, 6) is -0.452. The van der Waals surface area contributed by atoms with Gasteiger partial charge in [-0.05, 0) is 74.0 Å². The molecule has 0 heterocycles. The molecule has 0 saturated heterocycles. The molecule has 0 aliphatic rings. The van der Waals surface area contributed by atoms with Crippen LogP contribution in [0.4, 0.5) is 14.9 Å². The minimum atomic E-state index is -4.10. The molecule has 0 radical (unpaired) electrons. The number of nitriles is 1. The molecular weight excluding hydrogens is 445 g/mol. The molecule has 3 aromatic rings. The lowest BCUT2D eigenvalue weighted by Crippen LogP contribution is -2.39. The molecule has 0 atom stereocenters. The highest BCUT2D eigenvalue weighted by molar-refractivity contribution is 7.87. The first-order valence-electron chi connectivity index (χ1n) is 10.0. The van der Waals surface area contributed by atoms with Crippen LogP contribution in [0.5, 0.6) is 5.75 Å². The fourth-order valence-corrected chi connectivity index (χ4v) is 3.90. The Labute approximate surface area is 192 Å². The van der Waals surface area contributed by atoms with Crippen molar-refractivity contribution in [3.8, 4) is 11.8 Å². The maximum atomic E-state index is 13.0. The van der Waals surface area contributed by atoms with Gasteiger partial charge >= 0.3 is 16.1 Å². The molecule has 0 bridgehead atoms. The van der Waals surface area contributed by atoms with Crippen LogP contribution in [0.15, 0.2) is 77.7 Å². The van der Waals surface area contributed by atoms with Gasteiger partial charge in [-0.15, -0.1) is 0 Å². The minimum absolute atomic E-state index is 0.0944. The van der Waals surface area contributed by atoms with E-state index in [1.807, 2.05) is 19.9 Å². The van der Waals surface area contributed by atoms with E-state index in [1.54, 1.807) is 41.3 Å². The van der Waals surface area contributed by atoms with Crippen molar-refractivity contribution in [2.45, 2.75) is 31.3 Å². The summed E-state index contributed by atoms with van der Waals surface area (Å²) >= 11 is 0. The fraction of sp³-hybridized carbons (Fsp3) is 0.167. The lowest BCUT2D eigenvalue weighted by atomic mass is 10.2. The molecule has 9 heteroatoms. The third-order valence-corrected chi connectivity index (χ3v) is 5.97. The van der Waals surface area contributed by atoms with Crippen LogP contribution < -0.4 is 9.50 Å². The Morgan fingerprint density at radius 2 is 1.76 bits per heavy atom. The third kappa shape index (κ3) is 6.30. The molecule has 0 spiro atoms. The lowest BCUT2D eigenvalue weighted by Gasteiger charge is -2.27. The molecule has 0 aliphatic heterocycles. The molecule has 0 saturated carbocycles. The number of hydrogen-bond donors (Lipinski definition) is 1. The Morgan fingerprint density at radius 1 is 1.09 bits per heavy atom. The number of nitrogens with zero attached hydrogens (tertiary/aromatic N) is 2. The number of urea groups is 1. The molecular formula is C24H22FN3O4S. The molecule has 7 nitrogen and oxygen atoms in total. The van der Waals surface area contributed by atoms with E-state index in [2.05, 4.69) is 5.32 Å². The van der Waals surface area contributed by atoms with Crippen LogP contribution in [0.2, 0.25) is 0 Å². The van der Waals surface area contributed by atoms with Gasteiger partial charge in [0, 0.05) is 18.3 Å². The maximum Gasteiger partial charge on any atom is 0.339 e. The van der Waals surface area contributed by atoms with E-state index >= 15 is 0 Å². The Morgan fingerprint density at radius 3 is 2.36 bits per heavy atom. The predicted molar refractivity (Wildman–Crippen MR) is 122 cm³/mol. The zero-order chi connectivity index (χ0) is 24.0. The third-order valence-electron chi connectivity index (χ3n) is 4.71. The standard InChI is InChI=1S/C24H22FN3O4S/c1-17(2)28(24(29)27-21-5-3-4-19(14-21)15-26)16-18-6-10-22(11-7-18)32-33(30,31)23-12-8-20(25)9-13-23/h3-14,17H,16H2,1-2H3,(H,27,29). The van der Waals surface area contributed by atoms with Crippen molar-refractivity contribution in [1.29, 1.82) is 5.26 Å². The van der Waals surface area contributed by atoms with Crippen LogP contribution >= 0.6 is 0 Å². The van der Waals surface area contributed by atoms with Crippen molar-refractivity contribution in [3.63, 3.8) is 0 Å². The normalized spacial score (nSPS) is 11.0. The number of anilines is 1. The van der Waals surface area contributed by atoms with Crippen LogP contribution in [-0.4, -0.2) is 25.4 Å². The average Bonchev–Trinajstić information content (AvgIpc) is 2.78. The van der Waals surface area contributed by atoms with Crippen molar-refractivity contribution in [3.05, 3.63) is 89.7 Å². The number of amides is 2. The van der Waals surface area contributed by atoms with Crippen molar-refractivity contribution in [1.82, 2.24) is 4.90 Å². The first-order chi connectivity index (χ1) is 15.7. The topological polar surface area (TPSA) is 99.5 Å². The van der Waals surface area contributed by atoms with Gasteiger partial charge < -0.3 is 14.4 Å². The van der Waals surface area contributed by atoms with Gasteiger partial charge in [0.25, 0.3) is 0 Å². The number of halogens is 1. The van der Waals surface area contributed by atoms with Gasteiger partial charge in [-0.1, -0.05) is 18.2 Å². The van der Waals surface area contributed by atoms with Gasteiger partial charge in [0.2, 0.25) is 0 Å². The molecule has 33 heavy (non-hydrogen) atoms. The Bertz CT molecular complexity index is 1270. The number of nitrogens with one attached hydrogen (secondary N) is 1. The Kier molecular flexibility index (Phi) is 7.30. The van der Waals surface area contributed by atoms with Gasteiger partial charge in [-0.3, -0.25) is 0 Å². The van der Waals surface area contributed by atoms with Crippen LogP contribution in [0, 0.1) is 17.1 Å². The monoisotopic (exact) mass is 467 g/mol. The molecule has 1 N–H and O–H groups in total. The van der Waals surface area contributed by atoms with Gasteiger partial charge in [0.05, 0.1) is 11.6 Å².